The second-order valence-electron chi connectivity index (χ2n) is 4.55. The normalized spacial score (nSPS) is 24.1. The molecule has 1 aliphatic rings. The van der Waals surface area contributed by atoms with Crippen molar-refractivity contribution in [2.45, 2.75) is 39.6 Å². The second kappa shape index (κ2) is 6.02. The molecule has 1 N–H and O–H groups in total. The van der Waals surface area contributed by atoms with Crippen molar-refractivity contribution >= 4 is 5.97 Å². The van der Waals surface area contributed by atoms with Crippen molar-refractivity contribution < 1.29 is 24.1 Å². The van der Waals surface area contributed by atoms with Crippen LogP contribution in [0.2, 0.25) is 0 Å². The van der Waals surface area contributed by atoms with Crippen molar-refractivity contribution in [2.75, 3.05) is 13.2 Å². The van der Waals surface area contributed by atoms with Gasteiger partial charge in [0, 0.05) is 0 Å². The lowest BCUT2D eigenvalue weighted by molar-refractivity contribution is -0.155. The van der Waals surface area contributed by atoms with Gasteiger partial charge in [0.25, 0.3) is 0 Å². The minimum absolute atomic E-state index is 0.0676. The summed E-state index contributed by atoms with van der Waals surface area (Å²) in [6, 6.07) is 0. The molecule has 1 rings (SSSR count). The lowest BCUT2D eigenvalue weighted by atomic mass is 10.2. The van der Waals surface area contributed by atoms with Crippen LogP contribution in [0.4, 0.5) is 0 Å². The van der Waals surface area contributed by atoms with Crippen LogP contribution < -0.4 is 0 Å². The van der Waals surface area contributed by atoms with Crippen molar-refractivity contribution in [3.05, 3.63) is 23.5 Å². The van der Waals surface area contributed by atoms with E-state index in [0.717, 1.165) is 0 Å². The van der Waals surface area contributed by atoms with Gasteiger partial charge in [0.05, 0.1) is 12.2 Å². The van der Waals surface area contributed by atoms with Crippen molar-refractivity contribution in [3.63, 3.8) is 0 Å². The maximum atomic E-state index is 11.7. The quantitative estimate of drug-likeness (QED) is 0.361. The van der Waals surface area contributed by atoms with Crippen LogP contribution in [0.15, 0.2) is 23.5 Å². The minimum atomic E-state index is -0.633. The fourth-order valence-electron chi connectivity index (χ4n) is 1.59. The molecule has 1 atom stereocenters. The van der Waals surface area contributed by atoms with Crippen LogP contribution in [-0.4, -0.2) is 36.2 Å². The summed E-state index contributed by atoms with van der Waals surface area (Å²) in [5, 5.41) is 9.36. The third-order valence-corrected chi connectivity index (χ3v) is 2.41. The number of esters is 1. The van der Waals surface area contributed by atoms with E-state index in [4.69, 9.17) is 14.2 Å². The van der Waals surface area contributed by atoms with Gasteiger partial charge in [0.2, 0.25) is 0 Å². The molecule has 1 fully saturated rings. The molecule has 102 valence electrons. The zero-order valence-corrected chi connectivity index (χ0v) is 11.2. The van der Waals surface area contributed by atoms with Crippen LogP contribution in [0.25, 0.3) is 0 Å². The summed E-state index contributed by atoms with van der Waals surface area (Å²) in [4.78, 5) is 11.7. The average Bonchev–Trinajstić information content (AvgIpc) is 2.62. The van der Waals surface area contributed by atoms with Crippen molar-refractivity contribution in [3.8, 4) is 0 Å². The van der Waals surface area contributed by atoms with E-state index in [1.165, 1.54) is 13.0 Å². The molecule has 1 heterocycles. The summed E-state index contributed by atoms with van der Waals surface area (Å²) in [5.74, 6) is -1.27. The minimum Gasteiger partial charge on any atom is -0.512 e. The smallest absolute Gasteiger partial charge is 0.341 e. The highest BCUT2D eigenvalue weighted by Crippen LogP contribution is 2.22. The van der Waals surface area contributed by atoms with E-state index in [0.29, 0.717) is 6.61 Å². The Morgan fingerprint density at radius 1 is 1.56 bits per heavy atom. The van der Waals surface area contributed by atoms with E-state index >= 15 is 0 Å². The molecule has 0 aliphatic carbocycles. The predicted octanol–water partition coefficient (Wildman–Crippen LogP) is 2.09. The van der Waals surface area contributed by atoms with Gasteiger partial charge < -0.3 is 19.3 Å². The number of rotatable bonds is 4. The molecule has 0 amide bonds. The number of aliphatic hydroxyl groups is 1. The Hall–Kier alpha value is -1.33. The van der Waals surface area contributed by atoms with Gasteiger partial charge in [-0.25, -0.2) is 4.79 Å². The first-order valence-electron chi connectivity index (χ1n) is 5.87. The number of aliphatic hydroxyl groups excluding tert-OH is 1. The average molecular weight is 256 g/mol. The molecule has 0 aromatic carbocycles. The molecule has 0 radical (unpaired) electrons. The van der Waals surface area contributed by atoms with E-state index in [1.54, 1.807) is 26.8 Å². The number of carbonyl (C=O) groups is 1. The summed E-state index contributed by atoms with van der Waals surface area (Å²) < 4.78 is 15.9. The van der Waals surface area contributed by atoms with Crippen LogP contribution in [0.5, 0.6) is 0 Å². The van der Waals surface area contributed by atoms with Gasteiger partial charge in [0.1, 0.15) is 18.5 Å². The topological polar surface area (TPSA) is 65.0 Å². The van der Waals surface area contributed by atoms with Gasteiger partial charge in [-0.3, -0.25) is 0 Å². The Bertz CT molecular complexity index is 364. The molecular weight excluding hydrogens is 236 g/mol. The first-order chi connectivity index (χ1) is 8.35. The Balaban J connectivity index is 2.49. The number of ether oxygens (including phenoxy) is 3. The fourth-order valence-corrected chi connectivity index (χ4v) is 1.59. The van der Waals surface area contributed by atoms with Gasteiger partial charge in [-0.15, -0.1) is 0 Å². The van der Waals surface area contributed by atoms with Crippen LogP contribution in [0.1, 0.15) is 27.7 Å². The summed E-state index contributed by atoms with van der Waals surface area (Å²) in [5.41, 5.74) is 0.149. The third-order valence-electron chi connectivity index (χ3n) is 2.41. The highest BCUT2D eigenvalue weighted by atomic mass is 16.7. The summed E-state index contributed by atoms with van der Waals surface area (Å²) >= 11 is 0. The highest BCUT2D eigenvalue weighted by molar-refractivity contribution is 5.91. The standard InChI is InChI=1S/C13H20O5/c1-5-6-11(9(2)14)12(15)16-7-10-8-17-13(3,4)18-10/h5-6,10,14H,7-8H2,1-4H3/b6-5-,11-9-. The van der Waals surface area contributed by atoms with E-state index in [1.807, 2.05) is 0 Å². The van der Waals surface area contributed by atoms with E-state index < -0.39 is 11.8 Å². The highest BCUT2D eigenvalue weighted by Gasteiger charge is 2.33. The van der Waals surface area contributed by atoms with Gasteiger partial charge in [-0.2, -0.15) is 0 Å². The zero-order valence-electron chi connectivity index (χ0n) is 11.2. The Labute approximate surface area is 107 Å². The fraction of sp³-hybridized carbons (Fsp3) is 0.615. The van der Waals surface area contributed by atoms with Gasteiger partial charge in [0.15, 0.2) is 5.79 Å². The summed E-state index contributed by atoms with van der Waals surface area (Å²) in [7, 11) is 0. The molecule has 18 heavy (non-hydrogen) atoms. The second-order valence-corrected chi connectivity index (χ2v) is 4.55. The lowest BCUT2D eigenvalue weighted by Crippen LogP contribution is -2.25. The van der Waals surface area contributed by atoms with Gasteiger partial charge >= 0.3 is 5.97 Å². The maximum absolute atomic E-state index is 11.7. The molecule has 5 nitrogen and oxygen atoms in total. The van der Waals surface area contributed by atoms with Crippen molar-refractivity contribution in [1.29, 1.82) is 0 Å². The van der Waals surface area contributed by atoms with E-state index in [9.17, 15) is 9.90 Å². The largest absolute Gasteiger partial charge is 0.512 e. The Morgan fingerprint density at radius 3 is 2.67 bits per heavy atom. The van der Waals surface area contributed by atoms with Crippen LogP contribution in [0.3, 0.4) is 0 Å². The molecule has 1 saturated heterocycles. The van der Waals surface area contributed by atoms with Gasteiger partial charge in [-0.1, -0.05) is 6.08 Å². The third kappa shape index (κ3) is 4.16. The van der Waals surface area contributed by atoms with Crippen LogP contribution >= 0.6 is 0 Å². The number of carbonyl (C=O) groups excluding carboxylic acids is 1. The van der Waals surface area contributed by atoms with Crippen LogP contribution in [0, 0.1) is 0 Å². The van der Waals surface area contributed by atoms with E-state index in [-0.39, 0.29) is 24.0 Å². The summed E-state index contributed by atoms with van der Waals surface area (Å²) in [6.45, 7) is 7.30. The molecule has 1 unspecified atom stereocenters. The molecule has 0 bridgehead atoms. The van der Waals surface area contributed by atoms with E-state index in [2.05, 4.69) is 0 Å². The first-order valence-corrected chi connectivity index (χ1v) is 5.87. The molecule has 1 aliphatic heterocycles. The molecule has 0 aromatic rings. The molecule has 0 saturated carbocycles. The predicted molar refractivity (Wildman–Crippen MR) is 66.0 cm³/mol. The maximum Gasteiger partial charge on any atom is 0.341 e. The molecule has 5 heteroatoms. The number of hydrogen-bond acceptors (Lipinski definition) is 5. The van der Waals surface area contributed by atoms with Gasteiger partial charge in [-0.05, 0) is 33.8 Å². The Morgan fingerprint density at radius 2 is 2.22 bits per heavy atom. The van der Waals surface area contributed by atoms with Crippen molar-refractivity contribution in [1.82, 2.24) is 0 Å². The SMILES string of the molecule is C/C=C\C(C(=O)OCC1COC(C)(C)O1)=C(/C)O. The number of allylic oxidation sites excluding steroid dienone is 2. The Kier molecular flexibility index (Phi) is 4.93. The van der Waals surface area contributed by atoms with Crippen molar-refractivity contribution in [2.24, 2.45) is 0 Å². The first kappa shape index (κ1) is 14.7. The molecule has 0 aromatic heterocycles. The monoisotopic (exact) mass is 256 g/mol. The number of hydrogen-bond donors (Lipinski definition) is 1. The molecular formula is C13H20O5. The summed E-state index contributed by atoms with van der Waals surface area (Å²) in [6.07, 6.45) is 2.90. The van der Waals surface area contributed by atoms with Crippen LogP contribution in [-0.2, 0) is 19.0 Å². The zero-order chi connectivity index (χ0) is 13.8. The lowest BCUT2D eigenvalue weighted by Gasteiger charge is -2.17. The molecule has 0 spiro atoms.